The van der Waals surface area contributed by atoms with E-state index in [-0.39, 0.29) is 17.5 Å². The van der Waals surface area contributed by atoms with Crippen LogP contribution >= 0.6 is 0 Å². The molecule has 7 nitrogen and oxygen atoms in total. The van der Waals surface area contributed by atoms with Crippen molar-refractivity contribution in [3.63, 3.8) is 0 Å². The summed E-state index contributed by atoms with van der Waals surface area (Å²) >= 11 is 0. The summed E-state index contributed by atoms with van der Waals surface area (Å²) in [5, 5.41) is 5.87. The lowest BCUT2D eigenvalue weighted by molar-refractivity contribution is 0.0932. The van der Waals surface area contributed by atoms with Crippen molar-refractivity contribution in [2.75, 3.05) is 19.6 Å². The molecule has 2 rings (SSSR count). The highest BCUT2D eigenvalue weighted by Gasteiger charge is 2.25. The quantitative estimate of drug-likeness (QED) is 0.882. The van der Waals surface area contributed by atoms with Gasteiger partial charge in [-0.15, -0.1) is 0 Å². The van der Waals surface area contributed by atoms with Crippen molar-refractivity contribution in [1.82, 2.24) is 25.5 Å². The number of aromatic nitrogens is 2. The van der Waals surface area contributed by atoms with Crippen LogP contribution in [0.25, 0.3) is 0 Å². The van der Waals surface area contributed by atoms with Gasteiger partial charge in [0.15, 0.2) is 0 Å². The van der Waals surface area contributed by atoms with Gasteiger partial charge in [0.1, 0.15) is 5.69 Å². The van der Waals surface area contributed by atoms with Gasteiger partial charge >= 0.3 is 6.03 Å². The molecule has 2 heterocycles. The number of carbonyl (C=O) groups excluding carboxylic acids is 2. The van der Waals surface area contributed by atoms with Crippen LogP contribution in [0.4, 0.5) is 4.79 Å². The van der Waals surface area contributed by atoms with Crippen molar-refractivity contribution >= 4 is 11.9 Å². The molecule has 0 bridgehead atoms. The molecule has 1 aromatic heterocycles. The minimum Gasteiger partial charge on any atom is -0.350 e. The van der Waals surface area contributed by atoms with Crippen LogP contribution < -0.4 is 10.6 Å². The maximum Gasteiger partial charge on any atom is 0.317 e. The molecule has 23 heavy (non-hydrogen) atoms. The fourth-order valence-corrected chi connectivity index (χ4v) is 2.48. The van der Waals surface area contributed by atoms with Gasteiger partial charge in [0, 0.05) is 37.6 Å². The molecule has 0 spiro atoms. The van der Waals surface area contributed by atoms with Gasteiger partial charge in [-0.2, -0.15) is 0 Å². The van der Waals surface area contributed by atoms with Crippen LogP contribution in [0.1, 0.15) is 44.1 Å². The molecule has 0 unspecified atom stereocenters. The third kappa shape index (κ3) is 5.50. The number of urea groups is 1. The van der Waals surface area contributed by atoms with E-state index in [0.717, 1.165) is 12.8 Å². The summed E-state index contributed by atoms with van der Waals surface area (Å²) < 4.78 is 0. The van der Waals surface area contributed by atoms with Crippen LogP contribution in [0, 0.1) is 5.92 Å². The van der Waals surface area contributed by atoms with Crippen LogP contribution in [0.3, 0.4) is 0 Å². The van der Waals surface area contributed by atoms with E-state index in [0.29, 0.717) is 31.2 Å². The SMILES string of the molecule is CC(C)(C)NC(=O)N1CCC(CNC(=O)c2cnccn2)CC1. The molecular weight excluding hydrogens is 294 g/mol. The summed E-state index contributed by atoms with van der Waals surface area (Å²) in [5.74, 6) is 0.181. The van der Waals surface area contributed by atoms with E-state index in [4.69, 9.17) is 0 Å². The van der Waals surface area contributed by atoms with Crippen molar-refractivity contribution < 1.29 is 9.59 Å². The van der Waals surface area contributed by atoms with Crippen molar-refractivity contribution in [3.05, 3.63) is 24.3 Å². The molecule has 1 aliphatic heterocycles. The van der Waals surface area contributed by atoms with Crippen molar-refractivity contribution in [1.29, 1.82) is 0 Å². The van der Waals surface area contributed by atoms with Crippen LogP contribution in [0.2, 0.25) is 0 Å². The molecule has 7 heteroatoms. The molecule has 3 amide bonds. The van der Waals surface area contributed by atoms with Gasteiger partial charge in [-0.3, -0.25) is 9.78 Å². The Morgan fingerprint density at radius 3 is 2.52 bits per heavy atom. The maximum atomic E-state index is 12.1. The number of hydrogen-bond acceptors (Lipinski definition) is 4. The van der Waals surface area contributed by atoms with Crippen molar-refractivity contribution in [2.45, 2.75) is 39.2 Å². The number of nitrogens with one attached hydrogen (secondary N) is 2. The Bertz CT molecular complexity index is 533. The van der Waals surface area contributed by atoms with Crippen LogP contribution in [0.15, 0.2) is 18.6 Å². The van der Waals surface area contributed by atoms with E-state index in [1.54, 1.807) is 0 Å². The molecule has 0 radical (unpaired) electrons. The van der Waals surface area contributed by atoms with Gasteiger partial charge in [-0.1, -0.05) is 0 Å². The predicted molar refractivity (Wildman–Crippen MR) is 86.9 cm³/mol. The second kappa shape index (κ2) is 7.39. The number of piperidine rings is 1. The van der Waals surface area contributed by atoms with Gasteiger partial charge < -0.3 is 15.5 Å². The highest BCUT2D eigenvalue weighted by molar-refractivity contribution is 5.91. The second-order valence-corrected chi connectivity index (χ2v) is 6.91. The van der Waals surface area contributed by atoms with E-state index in [1.807, 2.05) is 25.7 Å². The van der Waals surface area contributed by atoms with Crippen molar-refractivity contribution in [3.8, 4) is 0 Å². The average Bonchev–Trinajstić information content (AvgIpc) is 2.52. The Hall–Kier alpha value is -2.18. The number of rotatable bonds is 3. The van der Waals surface area contributed by atoms with Crippen LogP contribution in [-0.4, -0.2) is 52.0 Å². The first-order valence-corrected chi connectivity index (χ1v) is 7.96. The Morgan fingerprint density at radius 2 is 1.96 bits per heavy atom. The van der Waals surface area contributed by atoms with Gasteiger partial charge in [0.05, 0.1) is 6.20 Å². The number of hydrogen-bond donors (Lipinski definition) is 2. The third-order valence-electron chi connectivity index (χ3n) is 3.73. The lowest BCUT2D eigenvalue weighted by Crippen LogP contribution is -2.51. The smallest absolute Gasteiger partial charge is 0.317 e. The molecule has 126 valence electrons. The van der Waals surface area contributed by atoms with Crippen LogP contribution in [-0.2, 0) is 0 Å². The first-order chi connectivity index (χ1) is 10.8. The first kappa shape index (κ1) is 17.2. The molecule has 2 N–H and O–H groups in total. The van der Waals surface area contributed by atoms with E-state index in [1.165, 1.54) is 18.6 Å². The zero-order chi connectivity index (χ0) is 16.9. The summed E-state index contributed by atoms with van der Waals surface area (Å²) in [6.07, 6.45) is 6.27. The normalized spacial score (nSPS) is 16.0. The largest absolute Gasteiger partial charge is 0.350 e. The van der Waals surface area contributed by atoms with Crippen LogP contribution in [0.5, 0.6) is 0 Å². The van der Waals surface area contributed by atoms with Gasteiger partial charge in [-0.05, 0) is 39.5 Å². The van der Waals surface area contributed by atoms with Gasteiger partial charge in [0.25, 0.3) is 5.91 Å². The summed E-state index contributed by atoms with van der Waals surface area (Å²) in [6, 6.07) is -0.0143. The molecule has 0 atom stereocenters. The predicted octanol–water partition coefficient (Wildman–Crippen LogP) is 1.43. The number of amides is 3. The highest BCUT2D eigenvalue weighted by Crippen LogP contribution is 2.17. The number of likely N-dealkylation sites (tertiary alicyclic amines) is 1. The molecule has 0 aliphatic carbocycles. The van der Waals surface area contributed by atoms with Gasteiger partial charge in [-0.25, -0.2) is 9.78 Å². The average molecular weight is 319 g/mol. The molecule has 1 aliphatic rings. The summed E-state index contributed by atoms with van der Waals surface area (Å²) in [7, 11) is 0. The lowest BCUT2D eigenvalue weighted by Gasteiger charge is -2.34. The number of nitrogens with zero attached hydrogens (tertiary/aromatic N) is 3. The van der Waals surface area contributed by atoms with Gasteiger partial charge in [0.2, 0.25) is 0 Å². The first-order valence-electron chi connectivity index (χ1n) is 7.96. The Balaban J connectivity index is 1.73. The third-order valence-corrected chi connectivity index (χ3v) is 3.73. The molecule has 0 saturated carbocycles. The minimum atomic E-state index is -0.224. The molecule has 1 aromatic rings. The topological polar surface area (TPSA) is 87.2 Å². The Labute approximate surface area is 136 Å². The zero-order valence-corrected chi connectivity index (χ0v) is 14.0. The lowest BCUT2D eigenvalue weighted by atomic mass is 9.97. The molecule has 1 fully saturated rings. The molecule has 1 saturated heterocycles. The maximum absolute atomic E-state index is 12.1. The van der Waals surface area contributed by atoms with E-state index in [2.05, 4.69) is 20.6 Å². The Kier molecular flexibility index (Phi) is 5.52. The monoisotopic (exact) mass is 319 g/mol. The van der Waals surface area contributed by atoms with E-state index >= 15 is 0 Å². The van der Waals surface area contributed by atoms with Crippen molar-refractivity contribution in [2.24, 2.45) is 5.92 Å². The molecular formula is C16H25N5O2. The standard InChI is InChI=1S/C16H25N5O2/c1-16(2,3)20-15(23)21-8-4-12(5-9-21)10-19-14(22)13-11-17-6-7-18-13/h6-7,11-12H,4-5,8-10H2,1-3H3,(H,19,22)(H,20,23). The highest BCUT2D eigenvalue weighted by atomic mass is 16.2. The van der Waals surface area contributed by atoms with E-state index < -0.39 is 0 Å². The summed E-state index contributed by atoms with van der Waals surface area (Å²) in [5.41, 5.74) is 0.105. The Morgan fingerprint density at radius 1 is 1.26 bits per heavy atom. The summed E-state index contributed by atoms with van der Waals surface area (Å²) in [6.45, 7) is 7.95. The summed E-state index contributed by atoms with van der Waals surface area (Å²) in [4.78, 5) is 33.7. The van der Waals surface area contributed by atoms with E-state index in [9.17, 15) is 9.59 Å². The fraction of sp³-hybridized carbons (Fsp3) is 0.625. The fourth-order valence-electron chi connectivity index (χ4n) is 2.48. The number of carbonyl (C=O) groups is 2. The molecule has 0 aromatic carbocycles. The second-order valence-electron chi connectivity index (χ2n) is 6.91. The zero-order valence-electron chi connectivity index (χ0n) is 14.0. The minimum absolute atomic E-state index is 0.0143.